The summed E-state index contributed by atoms with van der Waals surface area (Å²) in [4.78, 5) is 33.9. The maximum atomic E-state index is 12.6. The summed E-state index contributed by atoms with van der Waals surface area (Å²) in [6.45, 7) is 10.1. The van der Waals surface area contributed by atoms with Gasteiger partial charge in [0.05, 0.1) is 6.61 Å². The highest BCUT2D eigenvalue weighted by Crippen LogP contribution is 2.49. The van der Waals surface area contributed by atoms with E-state index in [4.69, 9.17) is 19.9 Å². The first-order valence-electron chi connectivity index (χ1n) is 12.9. The maximum Gasteiger partial charge on any atom is 0.292 e. The summed E-state index contributed by atoms with van der Waals surface area (Å²) in [7, 11) is 0. The average Bonchev–Trinajstić information content (AvgIpc) is 3.29. The lowest BCUT2D eigenvalue weighted by Crippen LogP contribution is -2.48. The number of hydrogen-bond acceptors (Lipinski definition) is 9. The van der Waals surface area contributed by atoms with E-state index in [0.717, 1.165) is 20.1 Å². The summed E-state index contributed by atoms with van der Waals surface area (Å²) < 4.78 is 19.1. The molecule has 42 heavy (non-hydrogen) atoms. The number of guanidine groups is 1. The first kappa shape index (κ1) is 33.3. The monoisotopic (exact) mass is 710 g/mol. The Morgan fingerprint density at radius 1 is 0.857 bits per heavy atom. The van der Waals surface area contributed by atoms with Crippen LogP contribution in [0.15, 0.2) is 55.3 Å². The third-order valence-electron chi connectivity index (χ3n) is 7.01. The lowest BCUT2D eigenvalue weighted by molar-refractivity contribution is -0.127. The molecule has 228 valence electrons. The molecular formula is C28H36Br2N6O6. The molecule has 2 unspecified atom stereocenters. The number of nitrogens with two attached hydrogens (primary N) is 1. The smallest absolute Gasteiger partial charge is 0.292 e. The van der Waals surface area contributed by atoms with Crippen molar-refractivity contribution in [1.29, 1.82) is 0 Å². The highest BCUT2D eigenvalue weighted by Gasteiger charge is 2.55. The van der Waals surface area contributed by atoms with Crippen molar-refractivity contribution in [3.05, 3.63) is 56.5 Å². The van der Waals surface area contributed by atoms with Crippen LogP contribution in [0.25, 0.3) is 0 Å². The largest absolute Gasteiger partial charge is 0.487 e. The van der Waals surface area contributed by atoms with Crippen molar-refractivity contribution >= 4 is 55.7 Å². The van der Waals surface area contributed by atoms with Gasteiger partial charge in [-0.15, -0.1) is 0 Å². The van der Waals surface area contributed by atoms with Gasteiger partial charge in [-0.3, -0.25) is 20.2 Å². The standard InChI is InChI=1S/C15H17BrN2O3.C13H14BrN3O2.H3N.H2O/c1-4-20-13-17-12(19)15(18-13)8-14(2,3)21-11-6-5-9(16)7-10(11)15;1-12(2)6-13(10(18)16-11(15)17-13)8-5-7(14)3-4-9(8)19-12;;/h5-7H,4,8H2,1-3H3,(H,17,18,19);3-5H,6H2,1-2H3,(H3,15,16,17,18);1H3;1H2. The predicted molar refractivity (Wildman–Crippen MR) is 166 cm³/mol. The molecule has 0 saturated carbocycles. The number of rotatable bonds is 1. The Labute approximate surface area is 261 Å². The summed E-state index contributed by atoms with van der Waals surface area (Å²) in [5.74, 6) is 1.16. The number of nitrogens with one attached hydrogen (secondary N) is 2. The first-order chi connectivity index (χ1) is 18.7. The van der Waals surface area contributed by atoms with Crippen molar-refractivity contribution in [3.8, 4) is 11.5 Å². The molecule has 14 heteroatoms. The van der Waals surface area contributed by atoms with Gasteiger partial charge in [-0.05, 0) is 71.0 Å². The van der Waals surface area contributed by atoms with Gasteiger partial charge in [-0.25, -0.2) is 9.98 Å². The van der Waals surface area contributed by atoms with Crippen molar-refractivity contribution in [1.82, 2.24) is 16.8 Å². The molecule has 9 N–H and O–H groups in total. The van der Waals surface area contributed by atoms with Crippen molar-refractivity contribution in [2.45, 2.75) is 69.7 Å². The fourth-order valence-electron chi connectivity index (χ4n) is 5.69. The van der Waals surface area contributed by atoms with Crippen molar-refractivity contribution in [2.24, 2.45) is 15.7 Å². The van der Waals surface area contributed by atoms with Crippen LogP contribution < -0.4 is 32.0 Å². The van der Waals surface area contributed by atoms with Crippen LogP contribution in [0.4, 0.5) is 0 Å². The van der Waals surface area contributed by atoms with Gasteiger partial charge < -0.3 is 31.6 Å². The van der Waals surface area contributed by atoms with Crippen LogP contribution >= 0.6 is 31.9 Å². The van der Waals surface area contributed by atoms with E-state index in [0.29, 0.717) is 30.9 Å². The molecule has 2 aromatic carbocycles. The van der Waals surface area contributed by atoms with Crippen LogP contribution in [0, 0.1) is 0 Å². The zero-order chi connectivity index (χ0) is 29.1. The lowest BCUT2D eigenvalue weighted by atomic mass is 9.78. The Balaban J connectivity index is 0.000000221. The Bertz CT molecular complexity index is 1480. The van der Waals surface area contributed by atoms with E-state index in [1.807, 2.05) is 71.0 Å². The third-order valence-corrected chi connectivity index (χ3v) is 7.99. The van der Waals surface area contributed by atoms with Crippen LogP contribution in [0.2, 0.25) is 0 Å². The lowest BCUT2D eigenvalue weighted by Gasteiger charge is -2.40. The fraction of sp³-hybridized carbons (Fsp3) is 0.429. The molecule has 2 atom stereocenters. The Morgan fingerprint density at radius 2 is 1.31 bits per heavy atom. The van der Waals surface area contributed by atoms with Crippen molar-refractivity contribution < 1.29 is 29.3 Å². The summed E-state index contributed by atoms with van der Waals surface area (Å²) in [6.07, 6.45) is 0.918. The van der Waals surface area contributed by atoms with E-state index in [2.05, 4.69) is 52.5 Å². The molecule has 2 aromatic rings. The molecule has 4 aliphatic heterocycles. The maximum absolute atomic E-state index is 12.6. The van der Waals surface area contributed by atoms with E-state index in [9.17, 15) is 9.59 Å². The molecule has 12 nitrogen and oxygen atoms in total. The second-order valence-corrected chi connectivity index (χ2v) is 13.2. The van der Waals surface area contributed by atoms with E-state index < -0.39 is 22.3 Å². The SMILES string of the molecule is CC1(C)CC2(N=C(N)NC2=O)c2cc(Br)ccc2O1.CCOC1=NC2(CC(C)(C)Oc3ccc(Br)cc32)C(=O)N1.N.O. The van der Waals surface area contributed by atoms with E-state index >= 15 is 0 Å². The van der Waals surface area contributed by atoms with E-state index in [1.54, 1.807) is 0 Å². The molecule has 0 aliphatic carbocycles. The van der Waals surface area contributed by atoms with Gasteiger partial charge in [0.25, 0.3) is 17.8 Å². The van der Waals surface area contributed by atoms with E-state index in [1.165, 1.54) is 0 Å². The van der Waals surface area contributed by atoms with Crippen LogP contribution in [-0.4, -0.2) is 47.1 Å². The average molecular weight is 712 g/mol. The molecule has 2 amide bonds. The summed E-state index contributed by atoms with van der Waals surface area (Å²) in [5.41, 5.74) is 4.27. The van der Waals surface area contributed by atoms with Gasteiger partial charge in [-0.1, -0.05) is 31.9 Å². The molecule has 4 aliphatic rings. The number of carbonyl (C=O) groups is 2. The van der Waals surface area contributed by atoms with Crippen molar-refractivity contribution in [2.75, 3.05) is 6.61 Å². The van der Waals surface area contributed by atoms with Gasteiger partial charge >= 0.3 is 0 Å². The summed E-state index contributed by atoms with van der Waals surface area (Å²) in [6, 6.07) is 11.5. The number of fused-ring (bicyclic) bond motifs is 4. The minimum Gasteiger partial charge on any atom is -0.487 e. The molecule has 0 fully saturated rings. The van der Waals surface area contributed by atoms with Gasteiger partial charge in [0, 0.05) is 32.9 Å². The Hall–Kier alpha value is -3.20. The van der Waals surface area contributed by atoms with Crippen LogP contribution in [0.3, 0.4) is 0 Å². The molecule has 0 radical (unpaired) electrons. The quantitative estimate of drug-likeness (QED) is 0.345. The minimum absolute atomic E-state index is 0. The molecule has 0 aromatic heterocycles. The highest BCUT2D eigenvalue weighted by molar-refractivity contribution is 9.10. The van der Waals surface area contributed by atoms with Gasteiger partial charge in [0.15, 0.2) is 17.0 Å². The number of halogens is 2. The van der Waals surface area contributed by atoms with Crippen LogP contribution in [0.1, 0.15) is 58.6 Å². The van der Waals surface area contributed by atoms with Crippen LogP contribution in [0.5, 0.6) is 11.5 Å². The third kappa shape index (κ3) is 5.85. The highest BCUT2D eigenvalue weighted by atomic mass is 79.9. The fourth-order valence-corrected chi connectivity index (χ4v) is 6.41. The number of aliphatic imine (C=N–C) groups is 2. The van der Waals surface area contributed by atoms with Gasteiger partial charge in [0.2, 0.25) is 0 Å². The number of carbonyl (C=O) groups excluding carboxylic acids is 2. The van der Waals surface area contributed by atoms with E-state index in [-0.39, 0.29) is 35.4 Å². The topological polar surface area (TPSA) is 203 Å². The molecule has 4 heterocycles. The normalized spacial score (nSPS) is 25.4. The van der Waals surface area contributed by atoms with Crippen LogP contribution in [-0.2, 0) is 25.4 Å². The number of hydrogen-bond donors (Lipinski definition) is 4. The second-order valence-electron chi connectivity index (χ2n) is 11.3. The van der Waals surface area contributed by atoms with Gasteiger partial charge in [-0.2, -0.15) is 0 Å². The molecule has 2 spiro atoms. The summed E-state index contributed by atoms with van der Waals surface area (Å²) in [5, 5.41) is 5.32. The molecular weight excluding hydrogens is 676 g/mol. The minimum atomic E-state index is -0.981. The number of amides is 2. The van der Waals surface area contributed by atoms with Gasteiger partial charge in [0.1, 0.15) is 22.7 Å². The molecule has 0 bridgehead atoms. The number of benzene rings is 2. The Morgan fingerprint density at radius 3 is 1.74 bits per heavy atom. The Kier molecular flexibility index (Phi) is 9.10. The predicted octanol–water partition coefficient (Wildman–Crippen LogP) is 3.72. The zero-order valence-electron chi connectivity index (χ0n) is 24.1. The number of nitrogens with zero attached hydrogens (tertiary/aromatic N) is 2. The molecule has 0 saturated heterocycles. The number of amidine groups is 1. The number of ether oxygens (including phenoxy) is 3. The second kappa shape index (κ2) is 11.5. The molecule has 6 rings (SSSR count). The zero-order valence-corrected chi connectivity index (χ0v) is 27.2. The first-order valence-corrected chi connectivity index (χ1v) is 14.5. The van der Waals surface area contributed by atoms with Crippen molar-refractivity contribution in [3.63, 3.8) is 0 Å². The summed E-state index contributed by atoms with van der Waals surface area (Å²) >= 11 is 6.87.